The highest BCUT2D eigenvalue weighted by Crippen LogP contribution is 2.14. The molecule has 4 heteroatoms. The minimum absolute atomic E-state index is 0.462. The molecule has 0 fully saturated rings. The fourth-order valence-electron chi connectivity index (χ4n) is 1.63. The molecular formula is C12H23N3O. The van der Waals surface area contributed by atoms with Crippen LogP contribution < -0.4 is 5.32 Å². The van der Waals surface area contributed by atoms with Gasteiger partial charge in [-0.25, -0.2) is 4.98 Å². The molecule has 0 spiro atoms. The number of aromatic nitrogens is 2. The molecule has 1 aromatic rings. The Bertz CT molecular complexity index is 318. The number of hydrogen-bond acceptors (Lipinski definition) is 3. The molecule has 0 aromatic carbocycles. The number of imidazole rings is 1. The second-order valence-electron chi connectivity index (χ2n) is 4.99. The van der Waals surface area contributed by atoms with E-state index in [-0.39, 0.29) is 0 Å². The average molecular weight is 225 g/mol. The second-order valence-corrected chi connectivity index (χ2v) is 4.99. The number of hydrogen-bond donors (Lipinski definition) is 2. The molecular weight excluding hydrogens is 202 g/mol. The van der Waals surface area contributed by atoms with Crippen LogP contribution in [0.25, 0.3) is 0 Å². The van der Waals surface area contributed by atoms with Crippen LogP contribution in [0.4, 0.5) is 0 Å². The van der Waals surface area contributed by atoms with Crippen molar-refractivity contribution in [2.75, 3.05) is 6.54 Å². The smallest absolute Gasteiger partial charge is 0.111 e. The van der Waals surface area contributed by atoms with E-state index < -0.39 is 5.60 Å². The highest BCUT2D eigenvalue weighted by molar-refractivity contribution is 4.96. The topological polar surface area (TPSA) is 50.1 Å². The first kappa shape index (κ1) is 13.2. The summed E-state index contributed by atoms with van der Waals surface area (Å²) in [7, 11) is 1.95. The maximum atomic E-state index is 10.2. The van der Waals surface area contributed by atoms with E-state index in [1.165, 1.54) is 0 Å². The Labute approximate surface area is 97.7 Å². The van der Waals surface area contributed by atoms with Crippen molar-refractivity contribution in [1.29, 1.82) is 0 Å². The lowest BCUT2D eigenvalue weighted by Gasteiger charge is -2.23. The standard InChI is InChI=1S/C12H23N3O/c1-10(2)13-6-5-12(3,16)9-11-14-7-8-15(11)4/h7-8,10,13,16H,5-6,9H2,1-4H3. The summed E-state index contributed by atoms with van der Waals surface area (Å²) in [6.45, 7) is 6.90. The molecule has 0 aliphatic rings. The van der Waals surface area contributed by atoms with Crippen LogP contribution in [0.5, 0.6) is 0 Å². The van der Waals surface area contributed by atoms with E-state index in [1.54, 1.807) is 6.20 Å². The predicted molar refractivity (Wildman–Crippen MR) is 65.3 cm³/mol. The van der Waals surface area contributed by atoms with Gasteiger partial charge in [0.25, 0.3) is 0 Å². The molecule has 1 heterocycles. The van der Waals surface area contributed by atoms with Crippen LogP contribution in [0, 0.1) is 0 Å². The highest BCUT2D eigenvalue weighted by atomic mass is 16.3. The number of aliphatic hydroxyl groups is 1. The largest absolute Gasteiger partial charge is 0.390 e. The molecule has 92 valence electrons. The van der Waals surface area contributed by atoms with Gasteiger partial charge in [-0.2, -0.15) is 0 Å². The predicted octanol–water partition coefficient (Wildman–Crippen LogP) is 1.10. The van der Waals surface area contributed by atoms with Crippen molar-refractivity contribution < 1.29 is 5.11 Å². The van der Waals surface area contributed by atoms with E-state index in [9.17, 15) is 5.11 Å². The number of nitrogens with one attached hydrogen (secondary N) is 1. The van der Waals surface area contributed by atoms with Crippen LogP contribution in [0.3, 0.4) is 0 Å². The summed E-state index contributed by atoms with van der Waals surface area (Å²) in [5.74, 6) is 0.926. The maximum absolute atomic E-state index is 10.2. The maximum Gasteiger partial charge on any atom is 0.111 e. The number of rotatable bonds is 6. The SMILES string of the molecule is CC(C)NCCC(C)(O)Cc1nccn1C. The first-order valence-electron chi connectivity index (χ1n) is 5.83. The molecule has 0 bridgehead atoms. The van der Waals surface area contributed by atoms with E-state index in [4.69, 9.17) is 0 Å². The van der Waals surface area contributed by atoms with Crippen LogP contribution >= 0.6 is 0 Å². The van der Waals surface area contributed by atoms with Gasteiger partial charge in [-0.1, -0.05) is 13.8 Å². The minimum atomic E-state index is -0.693. The summed E-state index contributed by atoms with van der Waals surface area (Å²) in [5.41, 5.74) is -0.693. The monoisotopic (exact) mass is 225 g/mol. The summed E-state index contributed by atoms with van der Waals surface area (Å²) in [6, 6.07) is 0.462. The Morgan fingerprint density at radius 1 is 1.56 bits per heavy atom. The summed E-state index contributed by atoms with van der Waals surface area (Å²) < 4.78 is 1.95. The Morgan fingerprint density at radius 3 is 2.75 bits per heavy atom. The molecule has 1 rings (SSSR count). The van der Waals surface area contributed by atoms with Gasteiger partial charge in [-0.3, -0.25) is 0 Å². The fourth-order valence-corrected chi connectivity index (χ4v) is 1.63. The van der Waals surface area contributed by atoms with Gasteiger partial charge in [-0.05, 0) is 19.9 Å². The third kappa shape index (κ3) is 4.33. The van der Waals surface area contributed by atoms with Crippen LogP contribution in [-0.2, 0) is 13.5 Å². The summed E-state index contributed by atoms with van der Waals surface area (Å²) in [4.78, 5) is 4.23. The van der Waals surface area contributed by atoms with E-state index in [1.807, 2.05) is 24.7 Å². The minimum Gasteiger partial charge on any atom is -0.390 e. The third-order valence-electron chi connectivity index (χ3n) is 2.68. The second kappa shape index (κ2) is 5.46. The Kier molecular flexibility index (Phi) is 4.50. The molecule has 4 nitrogen and oxygen atoms in total. The molecule has 0 radical (unpaired) electrons. The van der Waals surface area contributed by atoms with Crippen molar-refractivity contribution in [3.63, 3.8) is 0 Å². The van der Waals surface area contributed by atoms with Gasteiger partial charge in [-0.15, -0.1) is 0 Å². The van der Waals surface area contributed by atoms with Crippen LogP contribution in [-0.4, -0.2) is 32.8 Å². The molecule has 1 unspecified atom stereocenters. The lowest BCUT2D eigenvalue weighted by atomic mass is 9.97. The van der Waals surface area contributed by atoms with Crippen molar-refractivity contribution in [2.45, 2.75) is 45.3 Å². The molecule has 2 N–H and O–H groups in total. The third-order valence-corrected chi connectivity index (χ3v) is 2.68. The lowest BCUT2D eigenvalue weighted by molar-refractivity contribution is 0.0484. The zero-order chi connectivity index (χ0) is 12.2. The van der Waals surface area contributed by atoms with Crippen molar-refractivity contribution in [3.8, 4) is 0 Å². The van der Waals surface area contributed by atoms with E-state index in [2.05, 4.69) is 24.1 Å². The number of aryl methyl sites for hydroxylation is 1. The first-order chi connectivity index (χ1) is 7.41. The van der Waals surface area contributed by atoms with Crippen LogP contribution in [0.15, 0.2) is 12.4 Å². The van der Waals surface area contributed by atoms with E-state index in [0.29, 0.717) is 12.5 Å². The first-order valence-corrected chi connectivity index (χ1v) is 5.83. The molecule has 1 aromatic heterocycles. The number of nitrogens with zero attached hydrogens (tertiary/aromatic N) is 2. The van der Waals surface area contributed by atoms with Gasteiger partial charge in [0.2, 0.25) is 0 Å². The lowest BCUT2D eigenvalue weighted by Crippen LogP contribution is -2.35. The van der Waals surface area contributed by atoms with Gasteiger partial charge in [0.1, 0.15) is 5.82 Å². The zero-order valence-electron chi connectivity index (χ0n) is 10.7. The van der Waals surface area contributed by atoms with E-state index in [0.717, 1.165) is 18.8 Å². The van der Waals surface area contributed by atoms with Gasteiger partial charge < -0.3 is 15.0 Å². The normalized spacial score (nSPS) is 15.4. The van der Waals surface area contributed by atoms with Gasteiger partial charge in [0.05, 0.1) is 5.60 Å². The summed E-state index contributed by atoms with van der Waals surface area (Å²) in [6.07, 6.45) is 4.99. The fraction of sp³-hybridized carbons (Fsp3) is 0.750. The Balaban J connectivity index is 2.42. The summed E-state index contributed by atoms with van der Waals surface area (Å²) >= 11 is 0. The van der Waals surface area contributed by atoms with Crippen LogP contribution in [0.2, 0.25) is 0 Å². The zero-order valence-corrected chi connectivity index (χ0v) is 10.7. The summed E-state index contributed by atoms with van der Waals surface area (Å²) in [5, 5.41) is 13.5. The molecule has 0 saturated heterocycles. The highest BCUT2D eigenvalue weighted by Gasteiger charge is 2.22. The average Bonchev–Trinajstić information content (AvgIpc) is 2.50. The molecule has 0 aliphatic heterocycles. The quantitative estimate of drug-likeness (QED) is 0.762. The van der Waals surface area contributed by atoms with Gasteiger partial charge >= 0.3 is 0 Å². The van der Waals surface area contributed by atoms with Crippen molar-refractivity contribution in [2.24, 2.45) is 7.05 Å². The Hall–Kier alpha value is -0.870. The molecule has 0 aliphatic carbocycles. The molecule has 1 atom stereocenters. The molecule has 16 heavy (non-hydrogen) atoms. The molecule has 0 saturated carbocycles. The van der Waals surface area contributed by atoms with E-state index >= 15 is 0 Å². The van der Waals surface area contributed by atoms with Crippen molar-refractivity contribution >= 4 is 0 Å². The molecule has 0 amide bonds. The van der Waals surface area contributed by atoms with Crippen molar-refractivity contribution in [3.05, 3.63) is 18.2 Å². The van der Waals surface area contributed by atoms with Crippen LogP contribution in [0.1, 0.15) is 33.0 Å². The van der Waals surface area contributed by atoms with Crippen molar-refractivity contribution in [1.82, 2.24) is 14.9 Å². The Morgan fingerprint density at radius 2 is 2.25 bits per heavy atom. The van der Waals surface area contributed by atoms with Gasteiger partial charge in [0.15, 0.2) is 0 Å². The van der Waals surface area contributed by atoms with Gasteiger partial charge in [0, 0.05) is 31.9 Å².